The Labute approximate surface area is 190 Å². The summed E-state index contributed by atoms with van der Waals surface area (Å²) in [6.45, 7) is 8.70. The zero-order valence-electron chi connectivity index (χ0n) is 20.3. The third kappa shape index (κ3) is 13.2. The van der Waals surface area contributed by atoms with Crippen LogP contribution in [0.2, 0.25) is 6.04 Å². The van der Waals surface area contributed by atoms with Crippen molar-refractivity contribution in [2.45, 2.75) is 64.5 Å². The molecular weight excluding hydrogens is 444 g/mol. The predicted molar refractivity (Wildman–Crippen MR) is 124 cm³/mol. The van der Waals surface area contributed by atoms with Gasteiger partial charge in [0.2, 0.25) is 10.0 Å². The second kappa shape index (κ2) is 18.3. The number of hydrogen-bond acceptors (Lipinski definition) is 9. The van der Waals surface area contributed by atoms with Gasteiger partial charge in [-0.2, -0.15) is 0 Å². The van der Waals surface area contributed by atoms with Crippen LogP contribution in [-0.4, -0.2) is 103 Å². The zero-order chi connectivity index (χ0) is 24.5. The molecule has 0 fully saturated rings. The molecular formula is C19H46N2O8SSi. The molecule has 0 amide bonds. The molecule has 0 saturated carbocycles. The molecule has 0 spiro atoms. The summed E-state index contributed by atoms with van der Waals surface area (Å²) >= 11 is 0. The maximum Gasteiger partial charge on any atom is 0.500 e. The maximum absolute atomic E-state index is 11.7. The number of nitrogens with one attached hydrogen (secondary N) is 1. The second-order valence-electron chi connectivity index (χ2n) is 7.34. The van der Waals surface area contributed by atoms with E-state index in [1.165, 1.54) is 0 Å². The van der Waals surface area contributed by atoms with E-state index in [9.17, 15) is 13.5 Å². The lowest BCUT2D eigenvalue weighted by Gasteiger charge is -2.30. The van der Waals surface area contributed by atoms with Gasteiger partial charge in [0.25, 0.3) is 0 Å². The molecule has 31 heavy (non-hydrogen) atoms. The van der Waals surface area contributed by atoms with Crippen molar-refractivity contribution in [2.24, 2.45) is 5.92 Å². The molecule has 0 saturated heterocycles. The van der Waals surface area contributed by atoms with E-state index in [2.05, 4.69) is 4.72 Å². The Hall–Kier alpha value is -0.153. The number of rotatable bonds is 17. The molecule has 0 aromatic heterocycles. The highest BCUT2D eigenvalue weighted by atomic mass is 32.2. The Kier molecular flexibility index (Phi) is 19.5. The largest absolute Gasteiger partial charge is 0.500 e. The van der Waals surface area contributed by atoms with Crippen LogP contribution in [0.1, 0.15) is 47.0 Å². The number of aliphatic hydroxyl groups is 3. The normalized spacial score (nSPS) is 15.3. The molecule has 0 bridgehead atoms. The van der Waals surface area contributed by atoms with Crippen LogP contribution in [0, 0.1) is 5.92 Å². The van der Waals surface area contributed by atoms with Crippen LogP contribution in [-0.2, 0) is 23.3 Å². The van der Waals surface area contributed by atoms with Crippen molar-refractivity contribution in [3.05, 3.63) is 0 Å². The van der Waals surface area contributed by atoms with Crippen molar-refractivity contribution in [2.75, 3.05) is 54.2 Å². The summed E-state index contributed by atoms with van der Waals surface area (Å²) in [6, 6.07) is 0.583. The maximum atomic E-state index is 11.7. The first kappa shape index (κ1) is 33.0. The molecule has 0 aliphatic rings. The van der Waals surface area contributed by atoms with Gasteiger partial charge in [0, 0.05) is 47.0 Å². The molecule has 10 nitrogen and oxygen atoms in total. The van der Waals surface area contributed by atoms with E-state index >= 15 is 0 Å². The van der Waals surface area contributed by atoms with Crippen molar-refractivity contribution in [1.82, 2.24) is 9.62 Å². The van der Waals surface area contributed by atoms with Gasteiger partial charge in [0.15, 0.2) is 0 Å². The van der Waals surface area contributed by atoms with Crippen LogP contribution in [0.4, 0.5) is 0 Å². The van der Waals surface area contributed by atoms with E-state index in [1.54, 1.807) is 33.2 Å². The Bertz CT molecular complexity index is 509. The molecule has 0 aromatic rings. The standard InChI is InChI=1S/C10H25NO5SSi.C9H21NO3/c1-6-10(2)17(12,13)11-8-7-9-18(14-3,15-4)16-5;1-3-8(2)9(13)10(4-6-11)5-7-12/h10-11H,6-9H2,1-5H3;8-9,11-13H,3-7H2,1-2H3. The van der Waals surface area contributed by atoms with E-state index in [1.807, 2.05) is 20.8 Å². The highest BCUT2D eigenvalue weighted by molar-refractivity contribution is 7.90. The van der Waals surface area contributed by atoms with Crippen LogP contribution in [0.5, 0.6) is 0 Å². The van der Waals surface area contributed by atoms with Gasteiger partial charge in [0.05, 0.1) is 18.5 Å². The molecule has 12 heteroatoms. The summed E-state index contributed by atoms with van der Waals surface area (Å²) in [5.41, 5.74) is 0. The summed E-state index contributed by atoms with van der Waals surface area (Å²) in [5.74, 6) is 0.165. The number of nitrogens with zero attached hydrogens (tertiary/aromatic N) is 1. The van der Waals surface area contributed by atoms with Crippen LogP contribution < -0.4 is 4.72 Å². The van der Waals surface area contributed by atoms with Gasteiger partial charge < -0.3 is 28.6 Å². The lowest BCUT2D eigenvalue weighted by Crippen LogP contribution is -2.43. The fourth-order valence-corrected chi connectivity index (χ4v) is 5.52. The molecule has 3 atom stereocenters. The second-order valence-corrected chi connectivity index (χ2v) is 12.6. The van der Waals surface area contributed by atoms with E-state index < -0.39 is 25.1 Å². The van der Waals surface area contributed by atoms with Crippen LogP contribution in [0.15, 0.2) is 0 Å². The first-order chi connectivity index (χ1) is 14.5. The third-order valence-corrected chi connectivity index (χ3v) is 10.1. The van der Waals surface area contributed by atoms with E-state index in [0.717, 1.165) is 6.42 Å². The smallest absolute Gasteiger partial charge is 0.395 e. The van der Waals surface area contributed by atoms with Gasteiger partial charge in [-0.15, -0.1) is 0 Å². The average Bonchev–Trinajstić information content (AvgIpc) is 2.78. The minimum Gasteiger partial charge on any atom is -0.395 e. The van der Waals surface area contributed by atoms with E-state index in [4.69, 9.17) is 23.5 Å². The van der Waals surface area contributed by atoms with Crippen LogP contribution in [0.25, 0.3) is 0 Å². The highest BCUT2D eigenvalue weighted by Crippen LogP contribution is 2.15. The minimum atomic E-state index is -3.21. The van der Waals surface area contributed by atoms with Gasteiger partial charge in [-0.1, -0.05) is 20.8 Å². The van der Waals surface area contributed by atoms with Crippen LogP contribution in [0.3, 0.4) is 0 Å². The number of sulfonamides is 1. The Balaban J connectivity index is 0. The van der Waals surface area contributed by atoms with E-state index in [0.29, 0.717) is 38.5 Å². The summed E-state index contributed by atoms with van der Waals surface area (Å²) in [4.78, 5) is 1.69. The highest BCUT2D eigenvalue weighted by Gasteiger charge is 2.37. The molecule has 0 aromatic carbocycles. The van der Waals surface area contributed by atoms with Crippen molar-refractivity contribution >= 4 is 18.8 Å². The van der Waals surface area contributed by atoms with Gasteiger partial charge in [-0.05, 0) is 32.1 Å². The van der Waals surface area contributed by atoms with Gasteiger partial charge >= 0.3 is 8.80 Å². The molecule has 0 radical (unpaired) electrons. The fraction of sp³-hybridized carbons (Fsp3) is 1.00. The minimum absolute atomic E-state index is 0.00743. The van der Waals surface area contributed by atoms with Gasteiger partial charge in [-0.25, -0.2) is 13.1 Å². The van der Waals surface area contributed by atoms with E-state index in [-0.39, 0.29) is 24.4 Å². The summed E-state index contributed by atoms with van der Waals surface area (Å²) < 4.78 is 41.7. The van der Waals surface area contributed by atoms with Crippen LogP contribution >= 0.6 is 0 Å². The summed E-state index contributed by atoms with van der Waals surface area (Å²) in [6.07, 6.45) is 1.54. The molecule has 0 heterocycles. The van der Waals surface area contributed by atoms with Crippen molar-refractivity contribution < 1.29 is 37.0 Å². The first-order valence-electron chi connectivity index (χ1n) is 10.8. The topological polar surface area (TPSA) is 138 Å². The predicted octanol–water partition coefficient (Wildman–Crippen LogP) is 0.610. The summed E-state index contributed by atoms with van der Waals surface area (Å²) in [7, 11) is -1.16. The summed E-state index contributed by atoms with van der Waals surface area (Å²) in [5, 5.41) is 26.8. The van der Waals surface area contributed by atoms with Crippen molar-refractivity contribution in [3.63, 3.8) is 0 Å². The zero-order valence-corrected chi connectivity index (χ0v) is 22.2. The Morgan fingerprint density at radius 3 is 1.81 bits per heavy atom. The molecule has 0 aliphatic carbocycles. The van der Waals surface area contributed by atoms with Gasteiger partial charge in [-0.3, -0.25) is 4.90 Å². The number of hydrogen-bond donors (Lipinski definition) is 4. The lowest BCUT2D eigenvalue weighted by molar-refractivity contribution is -0.0486. The molecule has 0 aliphatic heterocycles. The molecule has 4 N–H and O–H groups in total. The van der Waals surface area contributed by atoms with Crippen molar-refractivity contribution in [1.29, 1.82) is 0 Å². The van der Waals surface area contributed by atoms with Gasteiger partial charge in [0.1, 0.15) is 6.23 Å². The molecule has 0 rings (SSSR count). The lowest BCUT2D eigenvalue weighted by atomic mass is 10.1. The first-order valence-corrected chi connectivity index (χ1v) is 14.3. The molecule has 3 unspecified atom stereocenters. The average molecular weight is 491 g/mol. The monoisotopic (exact) mass is 490 g/mol. The molecule has 190 valence electrons. The van der Waals surface area contributed by atoms with Crippen molar-refractivity contribution in [3.8, 4) is 0 Å². The Morgan fingerprint density at radius 2 is 1.45 bits per heavy atom. The third-order valence-electron chi connectivity index (χ3n) is 5.30. The fourth-order valence-electron chi connectivity index (χ4n) is 2.64. The SMILES string of the molecule is CCC(C)C(O)N(CCO)CCO.CCC(C)S(=O)(=O)NCCC[Si](OC)(OC)OC. The quantitative estimate of drug-likeness (QED) is 0.131. The number of aliphatic hydroxyl groups excluding tert-OH is 3. The Morgan fingerprint density at radius 1 is 0.968 bits per heavy atom.